The molecule has 3 atom stereocenters. The number of allylic oxidation sites excluding steroid dienone is 5. The van der Waals surface area contributed by atoms with Gasteiger partial charge >= 0.3 is 0 Å². The summed E-state index contributed by atoms with van der Waals surface area (Å²) in [6.07, 6.45) is 10.1. The van der Waals surface area contributed by atoms with Gasteiger partial charge in [-0.25, -0.2) is 0 Å². The van der Waals surface area contributed by atoms with Gasteiger partial charge in [0.25, 0.3) is 0 Å². The van der Waals surface area contributed by atoms with Gasteiger partial charge in [0.15, 0.2) is 5.78 Å². The molecule has 2 aliphatic rings. The number of fused-ring (bicyclic) bond motifs is 1. The number of ketones is 1. The van der Waals surface area contributed by atoms with Crippen LogP contribution in [0.15, 0.2) is 35.5 Å². The number of epoxide rings is 1. The fraction of sp³-hybridized carbons (Fsp3) is 0.650. The Morgan fingerprint density at radius 3 is 2.73 bits per heavy atom. The van der Waals surface area contributed by atoms with Crippen LogP contribution in [0.25, 0.3) is 0 Å². The van der Waals surface area contributed by atoms with Gasteiger partial charge in [0.1, 0.15) is 0 Å². The Labute approximate surface area is 135 Å². The number of ether oxygens (including phenoxy) is 1. The van der Waals surface area contributed by atoms with E-state index in [1.807, 2.05) is 6.08 Å². The van der Waals surface area contributed by atoms with Crippen LogP contribution >= 0.6 is 0 Å². The summed E-state index contributed by atoms with van der Waals surface area (Å²) in [4.78, 5) is 12.2. The van der Waals surface area contributed by atoms with Crippen molar-refractivity contribution in [3.63, 3.8) is 0 Å². The lowest BCUT2D eigenvalue weighted by molar-refractivity contribution is -0.115. The number of carbonyl (C=O) groups excluding carboxylic acids is 1. The fourth-order valence-corrected chi connectivity index (χ4v) is 3.36. The van der Waals surface area contributed by atoms with Gasteiger partial charge in [-0.05, 0) is 71.8 Å². The third-order valence-corrected chi connectivity index (χ3v) is 5.08. The smallest absolute Gasteiger partial charge is 0.158 e. The zero-order chi connectivity index (χ0) is 16.3. The molecule has 0 N–H and O–H groups in total. The molecule has 22 heavy (non-hydrogen) atoms. The number of hydrogen-bond acceptors (Lipinski definition) is 2. The Morgan fingerprint density at radius 1 is 1.32 bits per heavy atom. The van der Waals surface area contributed by atoms with Crippen LogP contribution in [0.4, 0.5) is 0 Å². The average molecular weight is 302 g/mol. The normalized spacial score (nSPS) is 38.8. The molecule has 0 aromatic heterocycles. The van der Waals surface area contributed by atoms with Gasteiger partial charge in [0, 0.05) is 6.42 Å². The van der Waals surface area contributed by atoms with Crippen molar-refractivity contribution in [2.75, 3.05) is 0 Å². The van der Waals surface area contributed by atoms with E-state index < -0.39 is 0 Å². The van der Waals surface area contributed by atoms with Crippen molar-refractivity contribution in [3.05, 3.63) is 35.5 Å². The summed E-state index contributed by atoms with van der Waals surface area (Å²) in [7, 11) is 0. The molecule has 1 fully saturated rings. The van der Waals surface area contributed by atoms with Crippen molar-refractivity contribution in [2.24, 2.45) is 5.92 Å². The van der Waals surface area contributed by atoms with Gasteiger partial charge in [-0.2, -0.15) is 0 Å². The highest BCUT2D eigenvalue weighted by molar-refractivity contribution is 5.91. The molecular formula is C20H30O2. The zero-order valence-electron chi connectivity index (χ0n) is 14.6. The Bertz CT molecular complexity index is 512. The predicted octanol–water partition coefficient (Wildman–Crippen LogP) is 5.15. The van der Waals surface area contributed by atoms with Crippen molar-refractivity contribution >= 4 is 5.78 Å². The number of rotatable bonds is 1. The van der Waals surface area contributed by atoms with Crippen molar-refractivity contribution in [1.29, 1.82) is 0 Å². The highest BCUT2D eigenvalue weighted by Crippen LogP contribution is 2.45. The molecule has 0 bridgehead atoms. The van der Waals surface area contributed by atoms with Gasteiger partial charge in [-0.1, -0.05) is 29.4 Å². The summed E-state index contributed by atoms with van der Waals surface area (Å²) < 4.78 is 5.89. The van der Waals surface area contributed by atoms with E-state index in [0.29, 0.717) is 12.3 Å². The van der Waals surface area contributed by atoms with Gasteiger partial charge in [0.05, 0.1) is 11.7 Å². The Hall–Kier alpha value is -1.15. The quantitative estimate of drug-likeness (QED) is 0.495. The number of carbonyl (C=O) groups is 1. The fourth-order valence-electron chi connectivity index (χ4n) is 3.36. The van der Waals surface area contributed by atoms with Crippen LogP contribution in [0, 0.1) is 5.92 Å². The highest BCUT2D eigenvalue weighted by Gasteiger charge is 2.53. The summed E-state index contributed by atoms with van der Waals surface area (Å²) >= 11 is 0. The lowest BCUT2D eigenvalue weighted by atomic mass is 9.86. The van der Waals surface area contributed by atoms with Crippen molar-refractivity contribution in [2.45, 2.75) is 77.9 Å². The molecule has 1 unspecified atom stereocenters. The largest absolute Gasteiger partial charge is 0.366 e. The Kier molecular flexibility index (Phi) is 5.44. The minimum absolute atomic E-state index is 0.201. The van der Waals surface area contributed by atoms with Crippen molar-refractivity contribution < 1.29 is 9.53 Å². The molecule has 0 saturated carbocycles. The van der Waals surface area contributed by atoms with E-state index in [0.717, 1.165) is 32.1 Å². The molecule has 0 aromatic carbocycles. The third-order valence-electron chi connectivity index (χ3n) is 5.08. The lowest BCUT2D eigenvalue weighted by Crippen LogP contribution is -2.18. The molecule has 2 heteroatoms. The monoisotopic (exact) mass is 302 g/mol. The maximum Gasteiger partial charge on any atom is 0.158 e. The van der Waals surface area contributed by atoms with Crippen LogP contribution in [0.1, 0.15) is 66.2 Å². The van der Waals surface area contributed by atoms with Gasteiger partial charge in [-0.15, -0.1) is 0 Å². The van der Waals surface area contributed by atoms with Gasteiger partial charge in [-0.3, -0.25) is 4.79 Å². The summed E-state index contributed by atoms with van der Waals surface area (Å²) in [5.74, 6) is 0.692. The first kappa shape index (κ1) is 17.2. The van der Waals surface area contributed by atoms with Crippen LogP contribution in [0.5, 0.6) is 0 Å². The standard InChI is InChI=1S/C20H30O2/c1-14(2)17-10-9-15(3)7-6-8-16(4)11-18(21)13-20(5)19(12-17)22-20/h7,11,17,19H,1,6,8-10,12-13H2,2-5H3/b15-7+,16-11+/t17?,19-,20+/m0/s1. The van der Waals surface area contributed by atoms with E-state index in [1.54, 1.807) is 0 Å². The first-order chi connectivity index (χ1) is 10.3. The molecule has 122 valence electrons. The second kappa shape index (κ2) is 6.95. The molecule has 0 radical (unpaired) electrons. The highest BCUT2D eigenvalue weighted by atomic mass is 16.6. The molecule has 0 spiro atoms. The molecule has 1 aliphatic heterocycles. The van der Waals surface area contributed by atoms with Crippen LogP contribution in [-0.4, -0.2) is 17.5 Å². The third kappa shape index (κ3) is 4.67. The minimum atomic E-state index is -0.253. The van der Waals surface area contributed by atoms with Gasteiger partial charge in [0.2, 0.25) is 0 Å². The Balaban J connectivity index is 2.13. The maximum atomic E-state index is 12.2. The van der Waals surface area contributed by atoms with E-state index in [4.69, 9.17) is 4.74 Å². The second-order valence-corrected chi connectivity index (χ2v) is 7.46. The van der Waals surface area contributed by atoms with E-state index in [-0.39, 0.29) is 17.5 Å². The molecule has 0 aromatic rings. The average Bonchev–Trinajstić information content (AvgIpc) is 3.02. The summed E-state index contributed by atoms with van der Waals surface area (Å²) in [5, 5.41) is 0. The molecule has 2 nitrogen and oxygen atoms in total. The SMILES string of the molecule is C=C(C)C1CC/C(C)=C/CC/C(C)=C/C(=O)C[C@@]2(C)O[C@H]2C1. The molecule has 1 aliphatic carbocycles. The van der Waals surface area contributed by atoms with Gasteiger partial charge < -0.3 is 4.74 Å². The van der Waals surface area contributed by atoms with E-state index >= 15 is 0 Å². The first-order valence-electron chi connectivity index (χ1n) is 8.49. The van der Waals surface area contributed by atoms with Crippen LogP contribution in [-0.2, 0) is 9.53 Å². The molecule has 1 saturated heterocycles. The van der Waals surface area contributed by atoms with Crippen LogP contribution in [0.3, 0.4) is 0 Å². The maximum absolute atomic E-state index is 12.2. The van der Waals surface area contributed by atoms with E-state index in [9.17, 15) is 4.79 Å². The van der Waals surface area contributed by atoms with Crippen molar-refractivity contribution in [3.8, 4) is 0 Å². The number of hydrogen-bond donors (Lipinski definition) is 0. The first-order valence-corrected chi connectivity index (χ1v) is 8.49. The van der Waals surface area contributed by atoms with Crippen LogP contribution in [0.2, 0.25) is 0 Å². The van der Waals surface area contributed by atoms with E-state index in [1.165, 1.54) is 16.7 Å². The lowest BCUT2D eigenvalue weighted by Gasteiger charge is -2.17. The molecule has 1 heterocycles. The van der Waals surface area contributed by atoms with Crippen molar-refractivity contribution in [1.82, 2.24) is 0 Å². The molecule has 0 amide bonds. The van der Waals surface area contributed by atoms with Crippen LogP contribution < -0.4 is 0 Å². The molecular weight excluding hydrogens is 272 g/mol. The topological polar surface area (TPSA) is 29.6 Å². The summed E-state index contributed by atoms with van der Waals surface area (Å²) in [5.41, 5.74) is 3.60. The molecule has 2 rings (SSSR count). The van der Waals surface area contributed by atoms with E-state index in [2.05, 4.69) is 40.3 Å². The summed E-state index contributed by atoms with van der Waals surface area (Å²) in [6, 6.07) is 0. The second-order valence-electron chi connectivity index (χ2n) is 7.46. The minimum Gasteiger partial charge on any atom is -0.366 e. The predicted molar refractivity (Wildman–Crippen MR) is 91.8 cm³/mol. The zero-order valence-corrected chi connectivity index (χ0v) is 14.6. The Morgan fingerprint density at radius 2 is 2.05 bits per heavy atom. The summed E-state index contributed by atoms with van der Waals surface area (Å²) in [6.45, 7) is 12.6.